The molecular formula is C24H37N3O6. The maximum atomic E-state index is 13.0. The average Bonchev–Trinajstić information content (AvgIpc) is 2.77. The van der Waals surface area contributed by atoms with Gasteiger partial charge in [0.15, 0.2) is 0 Å². The number of carbonyl (C=O) groups excluding carboxylic acids is 4. The van der Waals surface area contributed by atoms with Gasteiger partial charge < -0.3 is 25.4 Å². The predicted octanol–water partition coefficient (Wildman–Crippen LogP) is 2.39. The SMILES string of the molecule is COC(=O)[C@@H](NC(=O)[C@@H](NC(=O)[C@@H](NC(=O)OCc1ccccc1)C(C)C)C(C)C)C(C)C. The van der Waals surface area contributed by atoms with Crippen LogP contribution in [-0.4, -0.2) is 49.1 Å². The summed E-state index contributed by atoms with van der Waals surface area (Å²) in [5.41, 5.74) is 0.819. The van der Waals surface area contributed by atoms with Crippen LogP contribution in [0.3, 0.4) is 0 Å². The quantitative estimate of drug-likeness (QED) is 0.433. The molecule has 0 unspecified atom stereocenters. The summed E-state index contributed by atoms with van der Waals surface area (Å²) in [6.07, 6.45) is -0.733. The molecule has 9 nitrogen and oxygen atoms in total. The Morgan fingerprint density at radius 1 is 0.727 bits per heavy atom. The number of ether oxygens (including phenoxy) is 2. The summed E-state index contributed by atoms with van der Waals surface area (Å²) in [4.78, 5) is 50.1. The van der Waals surface area contributed by atoms with Gasteiger partial charge in [-0.1, -0.05) is 71.9 Å². The minimum atomic E-state index is -0.913. The highest BCUT2D eigenvalue weighted by atomic mass is 16.5. The molecule has 0 aromatic heterocycles. The van der Waals surface area contributed by atoms with Gasteiger partial charge in [0.1, 0.15) is 24.7 Å². The number of hydrogen-bond acceptors (Lipinski definition) is 6. The largest absolute Gasteiger partial charge is 0.467 e. The number of carbonyl (C=O) groups is 4. The second-order valence-electron chi connectivity index (χ2n) is 8.91. The van der Waals surface area contributed by atoms with Crippen molar-refractivity contribution < 1.29 is 28.7 Å². The Labute approximate surface area is 196 Å². The van der Waals surface area contributed by atoms with E-state index in [0.29, 0.717) is 0 Å². The van der Waals surface area contributed by atoms with Gasteiger partial charge in [0.05, 0.1) is 7.11 Å². The van der Waals surface area contributed by atoms with Gasteiger partial charge in [-0.25, -0.2) is 9.59 Å². The second kappa shape index (κ2) is 13.4. The molecular weight excluding hydrogens is 426 g/mol. The van der Waals surface area contributed by atoms with Crippen molar-refractivity contribution in [3.8, 4) is 0 Å². The van der Waals surface area contributed by atoms with Gasteiger partial charge >= 0.3 is 12.1 Å². The molecule has 0 aliphatic heterocycles. The molecule has 0 bridgehead atoms. The third-order valence-electron chi connectivity index (χ3n) is 5.10. The number of alkyl carbamates (subject to hydrolysis) is 1. The first kappa shape index (κ1) is 27.9. The highest BCUT2D eigenvalue weighted by Crippen LogP contribution is 2.10. The summed E-state index contributed by atoms with van der Waals surface area (Å²) in [6, 6.07) is 6.51. The van der Waals surface area contributed by atoms with E-state index in [1.54, 1.807) is 41.5 Å². The number of rotatable bonds is 11. The van der Waals surface area contributed by atoms with E-state index in [2.05, 4.69) is 16.0 Å². The zero-order valence-electron chi connectivity index (χ0n) is 20.5. The van der Waals surface area contributed by atoms with Crippen molar-refractivity contribution in [2.75, 3.05) is 7.11 Å². The average molecular weight is 464 g/mol. The molecule has 0 saturated heterocycles. The molecule has 0 radical (unpaired) electrons. The van der Waals surface area contributed by atoms with Crippen molar-refractivity contribution >= 4 is 23.9 Å². The second-order valence-corrected chi connectivity index (χ2v) is 8.91. The summed E-state index contributed by atoms with van der Waals surface area (Å²) in [7, 11) is 1.25. The van der Waals surface area contributed by atoms with Crippen molar-refractivity contribution in [1.82, 2.24) is 16.0 Å². The van der Waals surface area contributed by atoms with Gasteiger partial charge in [0, 0.05) is 0 Å². The first-order valence-electron chi connectivity index (χ1n) is 11.1. The number of methoxy groups -OCH3 is 1. The zero-order valence-corrected chi connectivity index (χ0v) is 20.5. The Hall–Kier alpha value is -3.10. The lowest BCUT2D eigenvalue weighted by Crippen LogP contribution is -2.59. The lowest BCUT2D eigenvalue weighted by Gasteiger charge is -2.28. The molecule has 1 rings (SSSR count). The molecule has 3 amide bonds. The third kappa shape index (κ3) is 9.11. The van der Waals surface area contributed by atoms with E-state index in [0.717, 1.165) is 5.56 Å². The number of amides is 3. The van der Waals surface area contributed by atoms with Crippen LogP contribution in [0.2, 0.25) is 0 Å². The molecule has 3 atom stereocenters. The fraction of sp³-hybridized carbons (Fsp3) is 0.583. The van der Waals surface area contributed by atoms with Crippen LogP contribution in [-0.2, 0) is 30.5 Å². The molecule has 1 aromatic rings. The van der Waals surface area contributed by atoms with Gasteiger partial charge in [-0.3, -0.25) is 9.59 Å². The van der Waals surface area contributed by atoms with Gasteiger partial charge in [-0.05, 0) is 23.3 Å². The minimum absolute atomic E-state index is 0.0697. The number of nitrogens with one attached hydrogen (secondary N) is 3. The Morgan fingerprint density at radius 2 is 1.18 bits per heavy atom. The van der Waals surface area contributed by atoms with E-state index in [1.165, 1.54) is 7.11 Å². The molecule has 33 heavy (non-hydrogen) atoms. The van der Waals surface area contributed by atoms with Crippen LogP contribution in [0, 0.1) is 17.8 Å². The monoisotopic (exact) mass is 463 g/mol. The number of hydrogen-bond donors (Lipinski definition) is 3. The molecule has 3 N–H and O–H groups in total. The van der Waals surface area contributed by atoms with Crippen LogP contribution < -0.4 is 16.0 Å². The standard InChI is InChI=1S/C24H37N3O6/c1-14(2)18(21(28)26-20(16(5)6)23(30)32-7)25-22(29)19(15(3)4)27-24(31)33-13-17-11-9-8-10-12-17/h8-12,14-16,18-20H,13H2,1-7H3,(H,25,29)(H,26,28)(H,27,31)/t18-,19-,20-/m0/s1. The van der Waals surface area contributed by atoms with Crippen molar-refractivity contribution in [2.24, 2.45) is 17.8 Å². The predicted molar refractivity (Wildman–Crippen MR) is 124 cm³/mol. The summed E-state index contributed by atoms with van der Waals surface area (Å²) < 4.78 is 9.98. The van der Waals surface area contributed by atoms with Crippen LogP contribution in [0.15, 0.2) is 30.3 Å². The maximum Gasteiger partial charge on any atom is 0.408 e. The lowest BCUT2D eigenvalue weighted by molar-refractivity contribution is -0.146. The Kier molecular flexibility index (Phi) is 11.4. The molecule has 0 aliphatic rings. The van der Waals surface area contributed by atoms with Crippen molar-refractivity contribution in [2.45, 2.75) is 66.3 Å². The van der Waals surface area contributed by atoms with Gasteiger partial charge in [-0.15, -0.1) is 0 Å². The van der Waals surface area contributed by atoms with E-state index in [1.807, 2.05) is 30.3 Å². The highest BCUT2D eigenvalue weighted by molar-refractivity contribution is 5.93. The van der Waals surface area contributed by atoms with Crippen molar-refractivity contribution in [3.63, 3.8) is 0 Å². The molecule has 184 valence electrons. The lowest BCUT2D eigenvalue weighted by atomic mass is 9.98. The summed E-state index contributed by atoms with van der Waals surface area (Å²) in [6.45, 7) is 10.7. The summed E-state index contributed by atoms with van der Waals surface area (Å²) in [5, 5.41) is 7.94. The van der Waals surface area contributed by atoms with Gasteiger partial charge in [0.2, 0.25) is 11.8 Å². The highest BCUT2D eigenvalue weighted by Gasteiger charge is 2.33. The Bertz CT molecular complexity index is 795. The van der Waals surface area contributed by atoms with Crippen LogP contribution in [0.4, 0.5) is 4.79 Å². The van der Waals surface area contributed by atoms with E-state index in [4.69, 9.17) is 9.47 Å². The molecule has 1 aromatic carbocycles. The fourth-order valence-electron chi connectivity index (χ4n) is 3.07. The Morgan fingerprint density at radius 3 is 1.64 bits per heavy atom. The number of esters is 1. The third-order valence-corrected chi connectivity index (χ3v) is 5.10. The van der Waals surface area contributed by atoms with E-state index in [9.17, 15) is 19.2 Å². The molecule has 0 saturated carbocycles. The summed E-state index contributed by atoms with van der Waals surface area (Å²) >= 11 is 0. The Balaban J connectivity index is 2.82. The first-order chi connectivity index (χ1) is 15.5. The molecule has 0 spiro atoms. The molecule has 0 heterocycles. The van der Waals surface area contributed by atoms with Crippen molar-refractivity contribution in [3.05, 3.63) is 35.9 Å². The van der Waals surface area contributed by atoms with Crippen LogP contribution in [0.5, 0.6) is 0 Å². The fourth-order valence-corrected chi connectivity index (χ4v) is 3.07. The van der Waals surface area contributed by atoms with Gasteiger partial charge in [-0.2, -0.15) is 0 Å². The van der Waals surface area contributed by atoms with E-state index >= 15 is 0 Å². The van der Waals surface area contributed by atoms with Crippen LogP contribution in [0.1, 0.15) is 47.1 Å². The summed E-state index contributed by atoms with van der Waals surface area (Å²) in [5.74, 6) is -2.31. The zero-order chi connectivity index (χ0) is 25.1. The molecule has 0 aliphatic carbocycles. The first-order valence-corrected chi connectivity index (χ1v) is 11.1. The number of benzene rings is 1. The van der Waals surface area contributed by atoms with Crippen LogP contribution >= 0.6 is 0 Å². The van der Waals surface area contributed by atoms with E-state index in [-0.39, 0.29) is 24.4 Å². The van der Waals surface area contributed by atoms with E-state index < -0.39 is 42.0 Å². The van der Waals surface area contributed by atoms with Crippen molar-refractivity contribution in [1.29, 1.82) is 0 Å². The maximum absolute atomic E-state index is 13.0. The normalized spacial score (nSPS) is 13.8. The van der Waals surface area contributed by atoms with Crippen LogP contribution in [0.25, 0.3) is 0 Å². The van der Waals surface area contributed by atoms with Gasteiger partial charge in [0.25, 0.3) is 0 Å². The smallest absolute Gasteiger partial charge is 0.408 e. The molecule has 0 fully saturated rings. The minimum Gasteiger partial charge on any atom is -0.467 e. The molecule has 9 heteroatoms. The topological polar surface area (TPSA) is 123 Å².